The largest absolute Gasteiger partial charge is 0.494 e. The van der Waals surface area contributed by atoms with Crippen molar-refractivity contribution in [2.75, 3.05) is 12.3 Å². The third kappa shape index (κ3) is 3.43. The fraction of sp³-hybridized carbons (Fsp3) is 0.286. The van der Waals surface area contributed by atoms with Crippen LogP contribution >= 0.6 is 0 Å². The molecule has 2 aromatic carbocycles. The number of unbranched alkanes of at least 4 members (excludes halogenated alkanes) is 1. The van der Waals surface area contributed by atoms with E-state index in [2.05, 4.69) is 29.0 Å². The number of aromatic nitrogens is 2. The van der Waals surface area contributed by atoms with Crippen molar-refractivity contribution in [3.8, 4) is 5.75 Å². The van der Waals surface area contributed by atoms with Gasteiger partial charge in [0, 0.05) is 18.5 Å². The minimum atomic E-state index is -0.143. The molecule has 0 bridgehead atoms. The van der Waals surface area contributed by atoms with E-state index in [4.69, 9.17) is 10.5 Å². The van der Waals surface area contributed by atoms with Crippen molar-refractivity contribution in [3.63, 3.8) is 0 Å². The first-order chi connectivity index (χ1) is 13.2. The number of nitrogens with two attached hydrogens (primary N) is 1. The number of carbonyl (C=O) groups is 1. The zero-order valence-electron chi connectivity index (χ0n) is 15.3. The molecule has 6 heteroatoms. The summed E-state index contributed by atoms with van der Waals surface area (Å²) in [5.41, 5.74) is 9.16. The smallest absolute Gasteiger partial charge is 0.273 e. The third-order valence-corrected chi connectivity index (χ3v) is 4.78. The molecule has 0 fully saturated rings. The van der Waals surface area contributed by atoms with Crippen LogP contribution in [-0.4, -0.2) is 27.4 Å². The van der Waals surface area contributed by atoms with Crippen LogP contribution in [0.5, 0.6) is 5.75 Å². The zero-order valence-corrected chi connectivity index (χ0v) is 15.3. The lowest BCUT2D eigenvalue weighted by Crippen LogP contribution is -2.27. The van der Waals surface area contributed by atoms with Gasteiger partial charge in [-0.1, -0.05) is 37.6 Å². The van der Waals surface area contributed by atoms with Crippen LogP contribution < -0.4 is 10.5 Å². The summed E-state index contributed by atoms with van der Waals surface area (Å²) >= 11 is 0. The Hall–Kier alpha value is -3.15. The maximum Gasteiger partial charge on any atom is 0.273 e. The van der Waals surface area contributed by atoms with Crippen LogP contribution in [0.3, 0.4) is 0 Å². The second kappa shape index (κ2) is 7.23. The molecular weight excluding hydrogens is 340 g/mol. The molecule has 1 aliphatic rings. The van der Waals surface area contributed by atoms with Crippen molar-refractivity contribution in [2.24, 2.45) is 0 Å². The van der Waals surface area contributed by atoms with Gasteiger partial charge in [-0.15, -0.1) is 0 Å². The molecule has 1 amide bonds. The van der Waals surface area contributed by atoms with Gasteiger partial charge in [-0.05, 0) is 35.7 Å². The van der Waals surface area contributed by atoms with Crippen LogP contribution in [0.25, 0.3) is 10.9 Å². The van der Waals surface area contributed by atoms with Crippen LogP contribution in [0.2, 0.25) is 0 Å². The first kappa shape index (κ1) is 17.3. The van der Waals surface area contributed by atoms with E-state index in [-0.39, 0.29) is 11.9 Å². The van der Waals surface area contributed by atoms with Gasteiger partial charge in [0.25, 0.3) is 5.91 Å². The van der Waals surface area contributed by atoms with Gasteiger partial charge < -0.3 is 15.4 Å². The molecule has 1 aliphatic heterocycles. The second-order valence-corrected chi connectivity index (χ2v) is 6.74. The normalized spacial score (nSPS) is 13.0. The average molecular weight is 362 g/mol. The van der Waals surface area contributed by atoms with Crippen molar-refractivity contribution in [1.82, 2.24) is 14.9 Å². The Balaban J connectivity index is 1.67. The van der Waals surface area contributed by atoms with Crippen molar-refractivity contribution in [2.45, 2.75) is 32.9 Å². The van der Waals surface area contributed by atoms with E-state index in [0.717, 1.165) is 12.8 Å². The SMILES string of the molecule is CCCCOc1ccc2nc(N)nc(C(=O)N3Cc4ccccc4C3)c2c1. The van der Waals surface area contributed by atoms with E-state index in [1.165, 1.54) is 11.1 Å². The summed E-state index contributed by atoms with van der Waals surface area (Å²) in [6.45, 7) is 3.91. The molecule has 4 rings (SSSR count). The number of hydrogen-bond acceptors (Lipinski definition) is 5. The van der Waals surface area contributed by atoms with Gasteiger partial charge in [0.2, 0.25) is 5.95 Å². The number of hydrogen-bond donors (Lipinski definition) is 1. The molecular formula is C21H22N4O2. The topological polar surface area (TPSA) is 81.3 Å². The lowest BCUT2D eigenvalue weighted by atomic mass is 10.1. The molecule has 3 aromatic rings. The van der Waals surface area contributed by atoms with Gasteiger partial charge >= 0.3 is 0 Å². The van der Waals surface area contributed by atoms with Gasteiger partial charge in [-0.2, -0.15) is 0 Å². The van der Waals surface area contributed by atoms with Gasteiger partial charge in [0.1, 0.15) is 11.4 Å². The Morgan fingerprint density at radius 1 is 1.15 bits per heavy atom. The second-order valence-electron chi connectivity index (χ2n) is 6.74. The summed E-state index contributed by atoms with van der Waals surface area (Å²) in [5, 5.41) is 0.666. The summed E-state index contributed by atoms with van der Waals surface area (Å²) < 4.78 is 5.78. The standard InChI is InChI=1S/C21H22N4O2/c1-2-3-10-27-16-8-9-18-17(11-16)19(24-21(22)23-18)20(26)25-12-14-6-4-5-7-15(14)13-25/h4-9,11H,2-3,10,12-13H2,1H3,(H2,22,23,24). The number of nitrogens with zero attached hydrogens (tertiary/aromatic N) is 3. The molecule has 27 heavy (non-hydrogen) atoms. The minimum Gasteiger partial charge on any atom is -0.494 e. The zero-order chi connectivity index (χ0) is 18.8. The molecule has 6 nitrogen and oxygen atoms in total. The quantitative estimate of drug-likeness (QED) is 0.702. The van der Waals surface area contributed by atoms with E-state index in [9.17, 15) is 4.79 Å². The molecule has 0 atom stereocenters. The van der Waals surface area contributed by atoms with E-state index in [1.54, 1.807) is 4.90 Å². The van der Waals surface area contributed by atoms with Crippen molar-refractivity contribution >= 4 is 22.8 Å². The Bertz CT molecular complexity index is 978. The van der Waals surface area contributed by atoms with Crippen LogP contribution in [0.1, 0.15) is 41.4 Å². The van der Waals surface area contributed by atoms with Gasteiger partial charge in [0.15, 0.2) is 0 Å². The Morgan fingerprint density at radius 2 is 1.89 bits per heavy atom. The summed E-state index contributed by atoms with van der Waals surface area (Å²) in [4.78, 5) is 23.5. The summed E-state index contributed by atoms with van der Waals surface area (Å²) in [7, 11) is 0. The van der Waals surface area contributed by atoms with E-state index in [1.807, 2.05) is 30.3 Å². The highest BCUT2D eigenvalue weighted by molar-refractivity contribution is 6.05. The minimum absolute atomic E-state index is 0.0993. The van der Waals surface area contributed by atoms with Gasteiger partial charge in [-0.3, -0.25) is 4.79 Å². The molecule has 2 N–H and O–H groups in total. The first-order valence-electron chi connectivity index (χ1n) is 9.22. The van der Waals surface area contributed by atoms with Gasteiger partial charge in [0.05, 0.1) is 12.1 Å². The number of amides is 1. The number of benzene rings is 2. The Kier molecular flexibility index (Phi) is 4.62. The molecule has 1 aromatic heterocycles. The molecule has 0 aliphatic carbocycles. The summed E-state index contributed by atoms with van der Waals surface area (Å²) in [6, 6.07) is 13.6. The van der Waals surface area contributed by atoms with Crippen LogP contribution in [0, 0.1) is 0 Å². The Labute approximate surface area is 158 Å². The average Bonchev–Trinajstić information content (AvgIpc) is 3.11. The van der Waals surface area contributed by atoms with Crippen molar-refractivity contribution in [3.05, 3.63) is 59.3 Å². The van der Waals surface area contributed by atoms with Crippen LogP contribution in [-0.2, 0) is 13.1 Å². The molecule has 0 unspecified atom stereocenters. The highest BCUT2D eigenvalue weighted by atomic mass is 16.5. The molecule has 0 spiro atoms. The maximum atomic E-state index is 13.2. The number of fused-ring (bicyclic) bond motifs is 2. The first-order valence-corrected chi connectivity index (χ1v) is 9.22. The monoisotopic (exact) mass is 362 g/mol. The van der Waals surface area contributed by atoms with Crippen LogP contribution in [0.4, 0.5) is 5.95 Å². The number of nitrogen functional groups attached to an aromatic ring is 1. The summed E-state index contributed by atoms with van der Waals surface area (Å²) in [5.74, 6) is 0.668. The number of rotatable bonds is 5. The third-order valence-electron chi connectivity index (χ3n) is 4.78. The van der Waals surface area contributed by atoms with Crippen molar-refractivity contribution < 1.29 is 9.53 Å². The molecule has 138 valence electrons. The van der Waals surface area contributed by atoms with Crippen LogP contribution in [0.15, 0.2) is 42.5 Å². The highest BCUT2D eigenvalue weighted by Crippen LogP contribution is 2.28. The number of anilines is 1. The number of ether oxygens (including phenoxy) is 1. The molecule has 0 saturated heterocycles. The summed E-state index contributed by atoms with van der Waals surface area (Å²) in [6.07, 6.45) is 2.04. The highest BCUT2D eigenvalue weighted by Gasteiger charge is 2.26. The molecule has 0 saturated carbocycles. The predicted octanol–water partition coefficient (Wildman–Crippen LogP) is 3.55. The maximum absolute atomic E-state index is 13.2. The van der Waals surface area contributed by atoms with E-state index in [0.29, 0.717) is 42.0 Å². The number of carbonyl (C=O) groups excluding carboxylic acids is 1. The lowest BCUT2D eigenvalue weighted by Gasteiger charge is -2.16. The molecule has 2 heterocycles. The lowest BCUT2D eigenvalue weighted by molar-refractivity contribution is 0.0747. The van der Waals surface area contributed by atoms with E-state index < -0.39 is 0 Å². The fourth-order valence-corrected chi connectivity index (χ4v) is 3.34. The van der Waals surface area contributed by atoms with E-state index >= 15 is 0 Å². The molecule has 0 radical (unpaired) electrons. The Morgan fingerprint density at radius 3 is 2.59 bits per heavy atom. The van der Waals surface area contributed by atoms with Crippen molar-refractivity contribution in [1.29, 1.82) is 0 Å². The fourth-order valence-electron chi connectivity index (χ4n) is 3.34. The predicted molar refractivity (Wildman–Crippen MR) is 104 cm³/mol. The van der Waals surface area contributed by atoms with Gasteiger partial charge in [-0.25, -0.2) is 9.97 Å².